The van der Waals surface area contributed by atoms with Crippen LogP contribution in [0.3, 0.4) is 0 Å². The Labute approximate surface area is 102 Å². The average Bonchev–Trinajstić information content (AvgIpc) is 2.72. The summed E-state index contributed by atoms with van der Waals surface area (Å²) in [4.78, 5) is 4.23. The van der Waals surface area contributed by atoms with Crippen LogP contribution < -0.4 is 0 Å². The molecule has 0 N–H and O–H groups in total. The van der Waals surface area contributed by atoms with Crippen LogP contribution >= 0.6 is 11.6 Å². The van der Waals surface area contributed by atoms with Crippen molar-refractivity contribution in [2.24, 2.45) is 0 Å². The fraction of sp³-hybridized carbons (Fsp3) is 0. The largest absolute Gasteiger partial charge is 0.298 e. The Hall–Kier alpha value is -1.87. The van der Waals surface area contributed by atoms with Crippen LogP contribution in [0.1, 0.15) is 0 Å². The van der Waals surface area contributed by atoms with Gasteiger partial charge in [0.15, 0.2) is 0 Å². The van der Waals surface area contributed by atoms with E-state index in [1.165, 1.54) is 6.07 Å². The molecule has 1 aromatic carbocycles. The van der Waals surface area contributed by atoms with Crippen molar-refractivity contribution >= 4 is 17.1 Å². The molecular weight excluding hydrogens is 239 g/mol. The summed E-state index contributed by atoms with van der Waals surface area (Å²) >= 11 is 5.93. The third-order valence-corrected chi connectivity index (χ3v) is 2.83. The number of benzene rings is 1. The molecule has 0 saturated carbocycles. The van der Waals surface area contributed by atoms with Gasteiger partial charge in [-0.15, -0.1) is 0 Å². The first-order valence-corrected chi connectivity index (χ1v) is 5.51. The van der Waals surface area contributed by atoms with Crippen molar-refractivity contribution in [1.82, 2.24) is 9.38 Å². The fourth-order valence-corrected chi connectivity index (χ4v) is 1.97. The van der Waals surface area contributed by atoms with Crippen LogP contribution in [-0.2, 0) is 0 Å². The zero-order valence-electron chi connectivity index (χ0n) is 8.77. The van der Waals surface area contributed by atoms with Gasteiger partial charge in [-0.1, -0.05) is 23.7 Å². The first-order valence-electron chi connectivity index (χ1n) is 5.13. The van der Waals surface area contributed by atoms with E-state index in [4.69, 9.17) is 11.6 Å². The highest BCUT2D eigenvalue weighted by molar-refractivity contribution is 6.30. The number of hydrogen-bond acceptors (Lipinski definition) is 1. The number of hydrogen-bond donors (Lipinski definition) is 0. The summed E-state index contributed by atoms with van der Waals surface area (Å²) in [5.41, 5.74) is 1.35. The summed E-state index contributed by atoms with van der Waals surface area (Å²) in [6.45, 7) is 0. The molecule has 2 heterocycles. The molecule has 0 saturated heterocycles. The molecule has 17 heavy (non-hydrogen) atoms. The number of pyridine rings is 1. The quantitative estimate of drug-likeness (QED) is 0.639. The van der Waals surface area contributed by atoms with Gasteiger partial charge >= 0.3 is 0 Å². The molecule has 3 aromatic rings. The number of rotatable bonds is 1. The third kappa shape index (κ3) is 1.68. The third-order valence-electron chi connectivity index (χ3n) is 2.61. The summed E-state index contributed by atoms with van der Waals surface area (Å²) < 4.78 is 15.5. The molecule has 84 valence electrons. The van der Waals surface area contributed by atoms with E-state index in [0.717, 1.165) is 5.52 Å². The van der Waals surface area contributed by atoms with E-state index in [0.29, 0.717) is 16.4 Å². The van der Waals surface area contributed by atoms with Gasteiger partial charge < -0.3 is 0 Å². The maximum absolute atomic E-state index is 13.7. The van der Waals surface area contributed by atoms with Crippen LogP contribution in [0, 0.1) is 5.82 Å². The second-order valence-electron chi connectivity index (χ2n) is 3.70. The first kappa shape index (κ1) is 10.3. The number of imidazole rings is 1. The summed E-state index contributed by atoms with van der Waals surface area (Å²) in [5.74, 6) is 0.264. The Bertz CT molecular complexity index is 691. The highest BCUT2D eigenvalue weighted by Crippen LogP contribution is 2.23. The molecule has 0 atom stereocenters. The van der Waals surface area contributed by atoms with Crippen molar-refractivity contribution in [2.45, 2.75) is 0 Å². The van der Waals surface area contributed by atoms with Gasteiger partial charge in [0.05, 0.1) is 22.3 Å². The number of nitrogens with zero attached hydrogens (tertiary/aromatic N) is 2. The van der Waals surface area contributed by atoms with Gasteiger partial charge in [-0.2, -0.15) is 0 Å². The lowest BCUT2D eigenvalue weighted by molar-refractivity contribution is 0.630. The van der Waals surface area contributed by atoms with Gasteiger partial charge in [-0.05, 0) is 24.3 Å². The Balaban J connectivity index is 2.31. The molecule has 3 rings (SSSR count). The Morgan fingerprint density at radius 1 is 1.12 bits per heavy atom. The second kappa shape index (κ2) is 3.86. The molecule has 0 bridgehead atoms. The summed E-state index contributed by atoms with van der Waals surface area (Å²) in [6, 6.07) is 10.2. The minimum absolute atomic E-state index is 0.292. The van der Waals surface area contributed by atoms with Crippen LogP contribution in [0.15, 0.2) is 48.8 Å². The molecule has 0 amide bonds. The lowest BCUT2D eigenvalue weighted by Crippen LogP contribution is -1.91. The monoisotopic (exact) mass is 246 g/mol. The van der Waals surface area contributed by atoms with Gasteiger partial charge in [0.1, 0.15) is 11.6 Å². The van der Waals surface area contributed by atoms with E-state index in [9.17, 15) is 4.39 Å². The number of halogens is 2. The van der Waals surface area contributed by atoms with E-state index >= 15 is 0 Å². The SMILES string of the molecule is Fc1ccccc1-c1ncc2ccc(Cl)cn12. The van der Waals surface area contributed by atoms with Crippen molar-refractivity contribution in [3.05, 3.63) is 59.6 Å². The lowest BCUT2D eigenvalue weighted by atomic mass is 10.2. The van der Waals surface area contributed by atoms with Gasteiger partial charge in [-0.3, -0.25) is 4.40 Å². The van der Waals surface area contributed by atoms with Crippen LogP contribution in [-0.4, -0.2) is 9.38 Å². The summed E-state index contributed by atoms with van der Waals surface area (Å²) in [6.07, 6.45) is 3.42. The predicted octanol–water partition coefficient (Wildman–Crippen LogP) is 3.79. The summed E-state index contributed by atoms with van der Waals surface area (Å²) in [7, 11) is 0. The molecule has 0 aliphatic rings. The average molecular weight is 247 g/mol. The molecule has 0 aliphatic heterocycles. The van der Waals surface area contributed by atoms with Crippen molar-refractivity contribution in [3.8, 4) is 11.4 Å². The fourth-order valence-electron chi connectivity index (χ4n) is 1.81. The molecule has 4 heteroatoms. The minimum atomic E-state index is -0.292. The van der Waals surface area contributed by atoms with Crippen LogP contribution in [0.25, 0.3) is 16.9 Å². The highest BCUT2D eigenvalue weighted by atomic mass is 35.5. The van der Waals surface area contributed by atoms with Crippen molar-refractivity contribution in [3.63, 3.8) is 0 Å². The minimum Gasteiger partial charge on any atom is -0.298 e. The zero-order valence-corrected chi connectivity index (χ0v) is 9.53. The molecule has 0 unspecified atom stereocenters. The van der Waals surface area contributed by atoms with E-state index in [2.05, 4.69) is 4.98 Å². The normalized spacial score (nSPS) is 10.9. The van der Waals surface area contributed by atoms with Crippen molar-refractivity contribution in [1.29, 1.82) is 0 Å². The highest BCUT2D eigenvalue weighted by Gasteiger charge is 2.10. The van der Waals surface area contributed by atoms with Gasteiger partial charge in [-0.25, -0.2) is 9.37 Å². The smallest absolute Gasteiger partial charge is 0.147 e. The van der Waals surface area contributed by atoms with Gasteiger partial charge in [0, 0.05) is 6.20 Å². The van der Waals surface area contributed by atoms with Crippen molar-refractivity contribution in [2.75, 3.05) is 0 Å². The molecular formula is C13H8ClFN2. The number of aromatic nitrogens is 2. The van der Waals surface area contributed by atoms with Crippen molar-refractivity contribution < 1.29 is 4.39 Å². The maximum atomic E-state index is 13.7. The maximum Gasteiger partial charge on any atom is 0.147 e. The Morgan fingerprint density at radius 2 is 1.94 bits per heavy atom. The first-order chi connectivity index (χ1) is 8.25. The van der Waals surface area contributed by atoms with Crippen LogP contribution in [0.2, 0.25) is 5.02 Å². The summed E-state index contributed by atoms with van der Waals surface area (Å²) in [5, 5.41) is 0.591. The Kier molecular flexibility index (Phi) is 2.34. The van der Waals surface area contributed by atoms with Crippen LogP contribution in [0.5, 0.6) is 0 Å². The number of fused-ring (bicyclic) bond motifs is 1. The zero-order chi connectivity index (χ0) is 11.8. The molecule has 0 spiro atoms. The van der Waals surface area contributed by atoms with Gasteiger partial charge in [0.25, 0.3) is 0 Å². The lowest BCUT2D eigenvalue weighted by Gasteiger charge is -2.03. The van der Waals surface area contributed by atoms with Crippen LogP contribution in [0.4, 0.5) is 4.39 Å². The van der Waals surface area contributed by atoms with E-state index in [1.54, 1.807) is 41.1 Å². The van der Waals surface area contributed by atoms with E-state index in [-0.39, 0.29) is 5.82 Å². The molecule has 2 nitrogen and oxygen atoms in total. The Morgan fingerprint density at radius 3 is 2.76 bits per heavy atom. The van der Waals surface area contributed by atoms with Gasteiger partial charge in [0.2, 0.25) is 0 Å². The topological polar surface area (TPSA) is 17.3 Å². The second-order valence-corrected chi connectivity index (χ2v) is 4.14. The molecule has 2 aromatic heterocycles. The van der Waals surface area contributed by atoms with E-state index in [1.807, 2.05) is 6.07 Å². The molecule has 0 radical (unpaired) electrons. The predicted molar refractivity (Wildman–Crippen MR) is 65.6 cm³/mol. The molecule has 0 aliphatic carbocycles. The standard InChI is InChI=1S/C13H8ClFN2/c14-9-5-6-10-7-16-13(17(10)8-9)11-3-1-2-4-12(11)15/h1-8H. The van der Waals surface area contributed by atoms with E-state index < -0.39 is 0 Å². The molecule has 0 fully saturated rings.